The summed E-state index contributed by atoms with van der Waals surface area (Å²) in [5.41, 5.74) is 5.24. The minimum absolute atomic E-state index is 0.267. The quantitative estimate of drug-likeness (QED) is 0.332. The van der Waals surface area contributed by atoms with Crippen molar-refractivity contribution in [2.45, 2.75) is 0 Å². The van der Waals surface area contributed by atoms with Gasteiger partial charge in [0.2, 0.25) is 0 Å². The average molecular weight is 219 g/mol. The van der Waals surface area contributed by atoms with Gasteiger partial charge < -0.3 is 21.3 Å². The van der Waals surface area contributed by atoms with Crippen molar-refractivity contribution in [2.75, 3.05) is 39.3 Å². The van der Waals surface area contributed by atoms with E-state index in [-0.39, 0.29) is 13.1 Å². The number of aliphatic carboxylic acids is 2. The lowest BCUT2D eigenvalue weighted by molar-refractivity contribution is -0.141. The zero-order valence-corrected chi connectivity index (χ0v) is 8.48. The number of hydrogen-bond acceptors (Lipinski definition) is 5. The Bertz CT molecular complexity index is 194. The molecule has 0 aliphatic heterocycles. The smallest absolute Gasteiger partial charge is 0.317 e. The Labute approximate surface area is 87.9 Å². The van der Waals surface area contributed by atoms with E-state index < -0.39 is 11.9 Å². The van der Waals surface area contributed by atoms with Gasteiger partial charge in [-0.1, -0.05) is 0 Å². The molecule has 0 aromatic carbocycles. The fourth-order valence-corrected chi connectivity index (χ4v) is 1.06. The molecule has 7 heteroatoms. The standard InChI is InChI=1S/C8H17N3O4/c9-1-2-10-3-4-11(5-7(12)13)6-8(14)15/h10H,1-6,9H2,(H,12,13)(H,14,15). The van der Waals surface area contributed by atoms with E-state index in [1.54, 1.807) is 0 Å². The number of hydrogen-bond donors (Lipinski definition) is 4. The van der Waals surface area contributed by atoms with Crippen LogP contribution in [0, 0.1) is 0 Å². The summed E-state index contributed by atoms with van der Waals surface area (Å²) in [6.45, 7) is 1.50. The molecule has 0 atom stereocenters. The maximum Gasteiger partial charge on any atom is 0.317 e. The van der Waals surface area contributed by atoms with Crippen molar-refractivity contribution in [3.8, 4) is 0 Å². The third-order valence-electron chi connectivity index (χ3n) is 1.64. The minimum atomic E-state index is -1.03. The van der Waals surface area contributed by atoms with Gasteiger partial charge in [0.15, 0.2) is 0 Å². The van der Waals surface area contributed by atoms with Crippen LogP contribution in [-0.2, 0) is 9.59 Å². The molecule has 0 aromatic rings. The number of rotatable bonds is 9. The monoisotopic (exact) mass is 219 g/mol. The Morgan fingerprint density at radius 1 is 1.13 bits per heavy atom. The molecule has 0 aromatic heterocycles. The summed E-state index contributed by atoms with van der Waals surface area (Å²) < 4.78 is 0. The molecule has 0 fully saturated rings. The number of nitrogens with zero attached hydrogens (tertiary/aromatic N) is 1. The van der Waals surface area contributed by atoms with Gasteiger partial charge in [-0.25, -0.2) is 0 Å². The molecule has 0 saturated heterocycles. The zero-order chi connectivity index (χ0) is 11.7. The zero-order valence-electron chi connectivity index (χ0n) is 8.48. The van der Waals surface area contributed by atoms with E-state index in [4.69, 9.17) is 15.9 Å². The molecule has 5 N–H and O–H groups in total. The molecule has 0 bridgehead atoms. The van der Waals surface area contributed by atoms with Gasteiger partial charge >= 0.3 is 11.9 Å². The third-order valence-corrected chi connectivity index (χ3v) is 1.64. The molecule has 88 valence electrons. The molecule has 7 nitrogen and oxygen atoms in total. The second-order valence-electron chi connectivity index (χ2n) is 3.04. The predicted molar refractivity (Wildman–Crippen MR) is 53.6 cm³/mol. The molecule has 0 amide bonds. The van der Waals surface area contributed by atoms with Crippen LogP contribution in [0.25, 0.3) is 0 Å². The van der Waals surface area contributed by atoms with Crippen molar-refractivity contribution in [3.63, 3.8) is 0 Å². The van der Waals surface area contributed by atoms with Crippen molar-refractivity contribution < 1.29 is 19.8 Å². The number of carbonyl (C=O) groups is 2. The fraction of sp³-hybridized carbons (Fsp3) is 0.750. The van der Waals surface area contributed by atoms with E-state index >= 15 is 0 Å². The van der Waals surface area contributed by atoms with Crippen molar-refractivity contribution in [1.29, 1.82) is 0 Å². The highest BCUT2D eigenvalue weighted by molar-refractivity contribution is 5.72. The summed E-state index contributed by atoms with van der Waals surface area (Å²) in [6.07, 6.45) is 0. The third kappa shape index (κ3) is 9.13. The van der Waals surface area contributed by atoms with Crippen molar-refractivity contribution in [3.05, 3.63) is 0 Å². The van der Waals surface area contributed by atoms with Gasteiger partial charge in [0.05, 0.1) is 13.1 Å². The Morgan fingerprint density at radius 3 is 2.07 bits per heavy atom. The molecule has 15 heavy (non-hydrogen) atoms. The predicted octanol–water partition coefficient (Wildman–Crippen LogP) is -1.99. The highest BCUT2D eigenvalue weighted by Crippen LogP contribution is 1.87. The minimum Gasteiger partial charge on any atom is -0.480 e. The summed E-state index contributed by atoms with van der Waals surface area (Å²) in [5.74, 6) is -2.06. The van der Waals surface area contributed by atoms with E-state index in [1.165, 1.54) is 4.90 Å². The van der Waals surface area contributed by atoms with E-state index in [1.807, 2.05) is 0 Å². The number of carboxylic acids is 2. The largest absolute Gasteiger partial charge is 0.480 e. The maximum absolute atomic E-state index is 10.4. The molecule has 0 spiro atoms. The topological polar surface area (TPSA) is 116 Å². The summed E-state index contributed by atoms with van der Waals surface area (Å²) in [4.78, 5) is 22.2. The lowest BCUT2D eigenvalue weighted by Crippen LogP contribution is -2.39. The molecule has 0 rings (SSSR count). The van der Waals surface area contributed by atoms with Crippen molar-refractivity contribution >= 4 is 11.9 Å². The van der Waals surface area contributed by atoms with Crippen LogP contribution in [-0.4, -0.2) is 66.3 Å². The maximum atomic E-state index is 10.4. The number of carboxylic acid groups (broad SMARTS) is 2. The average Bonchev–Trinajstić information content (AvgIpc) is 2.10. The van der Waals surface area contributed by atoms with Crippen molar-refractivity contribution in [1.82, 2.24) is 10.2 Å². The van der Waals surface area contributed by atoms with Gasteiger partial charge in [0, 0.05) is 26.2 Å². The summed E-state index contributed by atoms with van der Waals surface area (Å²) in [6, 6.07) is 0. The molecule has 0 heterocycles. The number of nitrogens with two attached hydrogens (primary N) is 1. The van der Waals surface area contributed by atoms with Gasteiger partial charge in [0.25, 0.3) is 0 Å². The van der Waals surface area contributed by atoms with Crippen LogP contribution in [0.4, 0.5) is 0 Å². The van der Waals surface area contributed by atoms with Crippen molar-refractivity contribution in [2.24, 2.45) is 5.73 Å². The first-order chi connectivity index (χ1) is 7.06. The lowest BCUT2D eigenvalue weighted by atomic mass is 10.4. The van der Waals surface area contributed by atoms with E-state index in [9.17, 15) is 9.59 Å². The molecular weight excluding hydrogens is 202 g/mol. The Balaban J connectivity index is 3.79. The highest BCUT2D eigenvalue weighted by atomic mass is 16.4. The second-order valence-corrected chi connectivity index (χ2v) is 3.04. The Kier molecular flexibility index (Phi) is 7.51. The van der Waals surface area contributed by atoms with Crippen LogP contribution in [0.3, 0.4) is 0 Å². The van der Waals surface area contributed by atoms with Crippen LogP contribution >= 0.6 is 0 Å². The molecule has 0 radical (unpaired) electrons. The first-order valence-electron chi connectivity index (χ1n) is 4.63. The molecule has 0 aliphatic rings. The first-order valence-corrected chi connectivity index (χ1v) is 4.63. The molecular formula is C8H17N3O4. The summed E-state index contributed by atoms with van der Waals surface area (Å²) in [7, 11) is 0. The molecule has 0 unspecified atom stereocenters. The van der Waals surface area contributed by atoms with Gasteiger partial charge in [-0.2, -0.15) is 0 Å². The van der Waals surface area contributed by atoms with E-state index in [0.29, 0.717) is 26.2 Å². The van der Waals surface area contributed by atoms with Crippen LogP contribution in [0.2, 0.25) is 0 Å². The van der Waals surface area contributed by atoms with E-state index in [2.05, 4.69) is 5.32 Å². The van der Waals surface area contributed by atoms with Crippen LogP contribution < -0.4 is 11.1 Å². The normalized spacial score (nSPS) is 10.5. The van der Waals surface area contributed by atoms with Crippen LogP contribution in [0.1, 0.15) is 0 Å². The lowest BCUT2D eigenvalue weighted by Gasteiger charge is -2.17. The summed E-state index contributed by atoms with van der Waals surface area (Å²) in [5, 5.41) is 20.0. The second kappa shape index (κ2) is 8.16. The first kappa shape index (κ1) is 13.8. The highest BCUT2D eigenvalue weighted by Gasteiger charge is 2.12. The number of nitrogens with one attached hydrogen (secondary N) is 1. The van der Waals surface area contributed by atoms with Gasteiger partial charge in [0.1, 0.15) is 0 Å². The van der Waals surface area contributed by atoms with Gasteiger partial charge in [-0.05, 0) is 0 Å². The summed E-state index contributed by atoms with van der Waals surface area (Å²) >= 11 is 0. The fourth-order valence-electron chi connectivity index (χ4n) is 1.06. The SMILES string of the molecule is NCCNCCN(CC(=O)O)CC(=O)O. The molecule has 0 aliphatic carbocycles. The molecule has 0 saturated carbocycles. The Hall–Kier alpha value is -1.18. The van der Waals surface area contributed by atoms with Crippen LogP contribution in [0.5, 0.6) is 0 Å². The van der Waals surface area contributed by atoms with Gasteiger partial charge in [-0.3, -0.25) is 14.5 Å². The van der Waals surface area contributed by atoms with Gasteiger partial charge in [-0.15, -0.1) is 0 Å². The van der Waals surface area contributed by atoms with Crippen LogP contribution in [0.15, 0.2) is 0 Å². The van der Waals surface area contributed by atoms with E-state index in [0.717, 1.165) is 0 Å². The Morgan fingerprint density at radius 2 is 1.67 bits per heavy atom.